The third kappa shape index (κ3) is 3.49. The Morgan fingerprint density at radius 1 is 1.35 bits per heavy atom. The topological polar surface area (TPSA) is 67.2 Å². The van der Waals surface area contributed by atoms with Crippen molar-refractivity contribution in [2.24, 2.45) is 17.3 Å². The zero-order chi connectivity index (χ0) is 18.5. The van der Waals surface area contributed by atoms with Gasteiger partial charge in [0.2, 0.25) is 10.0 Å². The molecule has 0 spiro atoms. The summed E-state index contributed by atoms with van der Waals surface area (Å²) in [5.41, 5.74) is 4.09. The maximum Gasteiger partial charge on any atom is 0.209 e. The molecule has 1 aromatic heterocycles. The van der Waals surface area contributed by atoms with E-state index in [2.05, 4.69) is 45.4 Å². The molecule has 26 heavy (non-hydrogen) atoms. The molecule has 4 aliphatic rings. The van der Waals surface area contributed by atoms with Crippen molar-refractivity contribution in [1.29, 1.82) is 0 Å². The molecule has 3 aliphatic carbocycles. The molecular weight excluding hydrogens is 348 g/mol. The average molecular weight is 379 g/mol. The summed E-state index contributed by atoms with van der Waals surface area (Å²) < 4.78 is 27.2. The third-order valence-electron chi connectivity index (χ3n) is 6.65. The number of nitrogens with zero attached hydrogens (tertiary/aromatic N) is 3. The molecule has 7 heteroatoms. The summed E-state index contributed by atoms with van der Waals surface area (Å²) in [4.78, 5) is 2.54. The van der Waals surface area contributed by atoms with Gasteiger partial charge in [-0.1, -0.05) is 25.5 Å². The van der Waals surface area contributed by atoms with Crippen LogP contribution in [-0.4, -0.2) is 42.4 Å². The fourth-order valence-corrected chi connectivity index (χ4v) is 5.34. The van der Waals surface area contributed by atoms with Crippen molar-refractivity contribution in [3.05, 3.63) is 29.1 Å². The number of hydrogen-bond acceptors (Lipinski definition) is 4. The lowest BCUT2D eigenvalue weighted by atomic mass is 9.49. The molecule has 0 aromatic carbocycles. The summed E-state index contributed by atoms with van der Waals surface area (Å²) in [6, 6.07) is 2.05. The van der Waals surface area contributed by atoms with Gasteiger partial charge in [0.1, 0.15) is 0 Å². The van der Waals surface area contributed by atoms with Gasteiger partial charge in [0, 0.05) is 26.2 Å². The Labute approximate surface area is 156 Å². The fourth-order valence-electron chi connectivity index (χ4n) is 4.93. The Bertz CT molecular complexity index is 825. The molecule has 0 amide bonds. The van der Waals surface area contributed by atoms with E-state index in [4.69, 9.17) is 0 Å². The van der Waals surface area contributed by atoms with Crippen molar-refractivity contribution in [3.8, 4) is 0 Å². The van der Waals surface area contributed by atoms with Crippen LogP contribution in [0.4, 0.5) is 0 Å². The van der Waals surface area contributed by atoms with E-state index < -0.39 is 10.0 Å². The molecule has 1 N–H and O–H groups in total. The van der Waals surface area contributed by atoms with E-state index >= 15 is 0 Å². The average Bonchev–Trinajstić information content (AvgIpc) is 2.85. The first-order valence-corrected chi connectivity index (χ1v) is 11.5. The van der Waals surface area contributed by atoms with Crippen LogP contribution in [0.2, 0.25) is 0 Å². The molecule has 1 aliphatic heterocycles. The molecule has 2 atom stereocenters. The minimum absolute atomic E-state index is 0.266. The molecule has 1 saturated carbocycles. The zero-order valence-corrected chi connectivity index (χ0v) is 16.8. The van der Waals surface area contributed by atoms with Crippen molar-refractivity contribution in [2.75, 3.05) is 19.3 Å². The molecule has 6 nitrogen and oxygen atoms in total. The number of nitrogens with one attached hydrogen (secondary N) is 1. The molecular formula is C19H30N4O2S. The Kier molecular flexibility index (Phi) is 4.52. The van der Waals surface area contributed by atoms with E-state index in [0.717, 1.165) is 50.1 Å². The van der Waals surface area contributed by atoms with Crippen LogP contribution in [0.5, 0.6) is 0 Å². The van der Waals surface area contributed by atoms with Crippen LogP contribution < -0.4 is 4.72 Å². The molecule has 2 heterocycles. The van der Waals surface area contributed by atoms with Gasteiger partial charge in [-0.25, -0.2) is 13.1 Å². The van der Waals surface area contributed by atoms with Crippen molar-refractivity contribution in [2.45, 2.75) is 52.7 Å². The lowest BCUT2D eigenvalue weighted by Crippen LogP contribution is -2.49. The van der Waals surface area contributed by atoms with E-state index in [0.29, 0.717) is 5.41 Å². The maximum atomic E-state index is 11.3. The molecule has 0 radical (unpaired) electrons. The number of rotatable bonds is 5. The van der Waals surface area contributed by atoms with Crippen molar-refractivity contribution < 1.29 is 8.42 Å². The standard InChI is InChI=1S/C19H30N4O2S/c1-19(2)15-6-5-14(18(19)9-15)12-22-7-4-8-23-17(13-22)10-16(21-23)11-20-26(3,24)25/h5,10,15,18,20H,4,6-9,11-13H2,1-3H3/t15-,18-/m1/s1. The summed E-state index contributed by atoms with van der Waals surface area (Å²) in [7, 11) is -3.19. The second kappa shape index (κ2) is 6.46. The Morgan fingerprint density at radius 2 is 2.15 bits per heavy atom. The van der Waals surface area contributed by atoms with Gasteiger partial charge < -0.3 is 0 Å². The van der Waals surface area contributed by atoms with Gasteiger partial charge in [0.05, 0.1) is 24.2 Å². The maximum absolute atomic E-state index is 11.3. The summed E-state index contributed by atoms with van der Waals surface area (Å²) in [5.74, 6) is 1.63. The highest BCUT2D eigenvalue weighted by Gasteiger charge is 2.51. The normalized spacial score (nSPS) is 28.0. The highest BCUT2D eigenvalue weighted by molar-refractivity contribution is 7.88. The van der Waals surface area contributed by atoms with Gasteiger partial charge in [0.25, 0.3) is 0 Å². The second-order valence-corrected chi connectivity index (χ2v) is 10.7. The van der Waals surface area contributed by atoms with Gasteiger partial charge in [-0.15, -0.1) is 0 Å². The molecule has 0 saturated heterocycles. The number of hydrogen-bond donors (Lipinski definition) is 1. The molecule has 1 fully saturated rings. The number of sulfonamides is 1. The largest absolute Gasteiger partial charge is 0.294 e. The van der Waals surface area contributed by atoms with Crippen LogP contribution in [0.25, 0.3) is 0 Å². The summed E-state index contributed by atoms with van der Waals surface area (Å²) in [6.45, 7) is 9.06. The smallest absolute Gasteiger partial charge is 0.209 e. The van der Waals surface area contributed by atoms with Crippen molar-refractivity contribution >= 4 is 10.0 Å². The minimum Gasteiger partial charge on any atom is -0.294 e. The Balaban J connectivity index is 1.43. The van der Waals surface area contributed by atoms with Gasteiger partial charge in [-0.3, -0.25) is 9.58 Å². The first-order chi connectivity index (χ1) is 12.2. The van der Waals surface area contributed by atoms with Crippen LogP contribution in [0, 0.1) is 17.3 Å². The van der Waals surface area contributed by atoms with Crippen molar-refractivity contribution in [1.82, 2.24) is 19.4 Å². The lowest BCUT2D eigenvalue weighted by Gasteiger charge is -2.57. The molecule has 5 rings (SSSR count). The summed E-state index contributed by atoms with van der Waals surface area (Å²) >= 11 is 0. The number of allylic oxidation sites excluding steroid dienone is 1. The molecule has 2 bridgehead atoms. The first kappa shape index (κ1) is 18.2. The summed E-state index contributed by atoms with van der Waals surface area (Å²) in [6.07, 6.45) is 7.36. The third-order valence-corrected chi connectivity index (χ3v) is 7.32. The lowest BCUT2D eigenvalue weighted by molar-refractivity contribution is -0.0108. The molecule has 0 unspecified atom stereocenters. The SMILES string of the molecule is CC1(C)[C@@H]2CC=C(CN3CCCn4nc(CNS(C)(=O)=O)cc4C3)[C@H]1C2. The molecule has 144 valence electrons. The van der Waals surface area contributed by atoms with Crippen LogP contribution in [-0.2, 0) is 29.7 Å². The fraction of sp³-hybridized carbons (Fsp3) is 0.737. The van der Waals surface area contributed by atoms with E-state index in [-0.39, 0.29) is 6.54 Å². The van der Waals surface area contributed by atoms with Gasteiger partial charge in [-0.05, 0) is 42.6 Å². The Hall–Kier alpha value is -1.18. The minimum atomic E-state index is -3.19. The van der Waals surface area contributed by atoms with Crippen LogP contribution in [0.3, 0.4) is 0 Å². The second-order valence-electron chi connectivity index (χ2n) is 8.83. The first-order valence-electron chi connectivity index (χ1n) is 9.64. The summed E-state index contributed by atoms with van der Waals surface area (Å²) in [5, 5.41) is 4.59. The van der Waals surface area contributed by atoms with Crippen LogP contribution in [0.1, 0.15) is 44.5 Å². The van der Waals surface area contributed by atoms with E-state index in [1.165, 1.54) is 24.8 Å². The predicted octanol–water partition coefficient (Wildman–Crippen LogP) is 2.13. The highest BCUT2D eigenvalue weighted by Crippen LogP contribution is 2.59. The van der Waals surface area contributed by atoms with Crippen LogP contribution in [0.15, 0.2) is 17.7 Å². The van der Waals surface area contributed by atoms with E-state index in [9.17, 15) is 8.42 Å². The predicted molar refractivity (Wildman–Crippen MR) is 102 cm³/mol. The van der Waals surface area contributed by atoms with Gasteiger partial charge in [-0.2, -0.15) is 5.10 Å². The van der Waals surface area contributed by atoms with E-state index in [1.807, 2.05) is 0 Å². The van der Waals surface area contributed by atoms with Crippen molar-refractivity contribution in [3.63, 3.8) is 0 Å². The highest BCUT2D eigenvalue weighted by atomic mass is 32.2. The van der Waals surface area contributed by atoms with Crippen LogP contribution >= 0.6 is 0 Å². The van der Waals surface area contributed by atoms with Gasteiger partial charge >= 0.3 is 0 Å². The molecule has 1 aromatic rings. The monoisotopic (exact) mass is 378 g/mol. The number of aromatic nitrogens is 2. The number of fused-ring (bicyclic) bond motifs is 2. The zero-order valence-electron chi connectivity index (χ0n) is 16.0. The quantitative estimate of drug-likeness (QED) is 0.797. The Morgan fingerprint density at radius 3 is 2.85 bits per heavy atom. The van der Waals surface area contributed by atoms with Gasteiger partial charge in [0.15, 0.2) is 0 Å². The van der Waals surface area contributed by atoms with E-state index in [1.54, 1.807) is 5.57 Å². The number of aryl methyl sites for hydroxylation is 1.